The van der Waals surface area contributed by atoms with Crippen LogP contribution in [0.5, 0.6) is 0 Å². The number of aryl methyl sites for hydroxylation is 2. The molecule has 0 aliphatic carbocycles. The summed E-state index contributed by atoms with van der Waals surface area (Å²) in [5.74, 6) is 0. The summed E-state index contributed by atoms with van der Waals surface area (Å²) < 4.78 is 0. The van der Waals surface area contributed by atoms with Crippen molar-refractivity contribution in [1.82, 2.24) is 0 Å². The number of benzene rings is 2. The van der Waals surface area contributed by atoms with Gasteiger partial charge in [0.1, 0.15) is 11.2 Å². The molecule has 2 aromatic rings. The zero-order valence-electron chi connectivity index (χ0n) is 15.5. The summed E-state index contributed by atoms with van der Waals surface area (Å²) in [7, 11) is 0. The zero-order valence-corrected chi connectivity index (χ0v) is 15.5. The predicted octanol–water partition coefficient (Wildman–Crippen LogP) is 5.31. The van der Waals surface area contributed by atoms with Crippen molar-refractivity contribution in [1.29, 1.82) is 0 Å². The first-order valence-electron chi connectivity index (χ1n) is 8.62. The highest BCUT2D eigenvalue weighted by molar-refractivity contribution is 5.28. The van der Waals surface area contributed by atoms with E-state index in [4.69, 9.17) is 10.5 Å². The maximum Gasteiger partial charge on any atom is 0.123 e. The molecule has 0 unspecified atom stereocenters. The molecule has 0 radical (unpaired) electrons. The lowest BCUT2D eigenvalue weighted by molar-refractivity contribution is -0.318. The van der Waals surface area contributed by atoms with E-state index in [0.717, 1.165) is 30.4 Å². The van der Waals surface area contributed by atoms with Crippen molar-refractivity contribution in [3.8, 4) is 0 Å². The van der Waals surface area contributed by atoms with Crippen LogP contribution < -0.4 is 0 Å². The Morgan fingerprint density at radius 3 is 1.24 bits per heavy atom. The third kappa shape index (κ3) is 5.13. The van der Waals surface area contributed by atoms with E-state index >= 15 is 0 Å². The molecule has 2 rings (SSSR count). The van der Waals surface area contributed by atoms with Gasteiger partial charge in [0.25, 0.3) is 0 Å². The molecular formula is C21H28O4. The Morgan fingerprint density at radius 2 is 0.960 bits per heavy atom. The molecule has 0 spiro atoms. The Kier molecular flexibility index (Phi) is 6.36. The fourth-order valence-corrected chi connectivity index (χ4v) is 2.75. The molecule has 0 heterocycles. The van der Waals surface area contributed by atoms with E-state index in [0.29, 0.717) is 0 Å². The van der Waals surface area contributed by atoms with E-state index in [9.17, 15) is 0 Å². The molecule has 0 atom stereocenters. The monoisotopic (exact) mass is 344 g/mol. The quantitative estimate of drug-likeness (QED) is 0.503. The topological polar surface area (TPSA) is 58.9 Å². The fourth-order valence-electron chi connectivity index (χ4n) is 2.75. The van der Waals surface area contributed by atoms with Crippen LogP contribution in [0.2, 0.25) is 0 Å². The van der Waals surface area contributed by atoms with Gasteiger partial charge in [-0.05, 0) is 69.2 Å². The summed E-state index contributed by atoms with van der Waals surface area (Å²) in [6, 6.07) is 16.3. The third-order valence-electron chi connectivity index (χ3n) is 4.69. The van der Waals surface area contributed by atoms with Crippen molar-refractivity contribution in [3.05, 3.63) is 70.8 Å². The number of hydrogen-bond donors (Lipinski definition) is 2. The highest BCUT2D eigenvalue weighted by atomic mass is 17.1. The summed E-state index contributed by atoms with van der Waals surface area (Å²) in [6.45, 7) is 7.31. The molecule has 25 heavy (non-hydrogen) atoms. The molecule has 2 aromatic carbocycles. The smallest absolute Gasteiger partial charge is 0.123 e. The van der Waals surface area contributed by atoms with Crippen molar-refractivity contribution in [2.24, 2.45) is 0 Å². The highest BCUT2D eigenvalue weighted by Gasteiger charge is 2.21. The SMILES string of the molecule is CC(C)(OO)c1ccc(CCCc2ccc(C(C)(C)OO)cc2)cc1. The second-order valence-electron chi connectivity index (χ2n) is 7.45. The van der Waals surface area contributed by atoms with Gasteiger partial charge < -0.3 is 0 Å². The first-order valence-corrected chi connectivity index (χ1v) is 8.62. The second kappa shape index (κ2) is 8.11. The van der Waals surface area contributed by atoms with Crippen LogP contribution in [-0.2, 0) is 33.8 Å². The van der Waals surface area contributed by atoms with Crippen molar-refractivity contribution in [3.63, 3.8) is 0 Å². The Hall–Kier alpha value is -1.72. The second-order valence-corrected chi connectivity index (χ2v) is 7.45. The molecule has 0 saturated heterocycles. The minimum absolute atomic E-state index is 0.688. The Balaban J connectivity index is 1.88. The van der Waals surface area contributed by atoms with Gasteiger partial charge in [0, 0.05) is 0 Å². The lowest BCUT2D eigenvalue weighted by Crippen LogP contribution is -2.19. The van der Waals surface area contributed by atoms with Crippen LogP contribution >= 0.6 is 0 Å². The first-order chi connectivity index (χ1) is 11.8. The zero-order chi connectivity index (χ0) is 18.5. The Bertz CT molecular complexity index is 598. The molecule has 136 valence electrons. The van der Waals surface area contributed by atoms with Gasteiger partial charge in [0.15, 0.2) is 0 Å². The third-order valence-corrected chi connectivity index (χ3v) is 4.69. The van der Waals surface area contributed by atoms with Gasteiger partial charge >= 0.3 is 0 Å². The maximum absolute atomic E-state index is 8.95. The molecule has 0 aliphatic rings. The van der Waals surface area contributed by atoms with Gasteiger partial charge in [-0.1, -0.05) is 48.5 Å². The van der Waals surface area contributed by atoms with Crippen LogP contribution in [0.4, 0.5) is 0 Å². The van der Waals surface area contributed by atoms with Crippen molar-refractivity contribution in [2.45, 2.75) is 58.2 Å². The lowest BCUT2D eigenvalue weighted by Gasteiger charge is -2.21. The average molecular weight is 344 g/mol. The predicted molar refractivity (Wildman–Crippen MR) is 98.4 cm³/mol. The molecule has 4 nitrogen and oxygen atoms in total. The van der Waals surface area contributed by atoms with Gasteiger partial charge in [0.2, 0.25) is 0 Å². The Morgan fingerprint density at radius 1 is 0.640 bits per heavy atom. The van der Waals surface area contributed by atoms with E-state index < -0.39 is 11.2 Å². The Labute approximate surface area is 149 Å². The van der Waals surface area contributed by atoms with Crippen LogP contribution in [0.25, 0.3) is 0 Å². The first kappa shape index (κ1) is 19.6. The van der Waals surface area contributed by atoms with Crippen molar-refractivity contribution >= 4 is 0 Å². The molecule has 0 fully saturated rings. The average Bonchev–Trinajstić information content (AvgIpc) is 2.62. The van der Waals surface area contributed by atoms with Crippen molar-refractivity contribution < 1.29 is 20.3 Å². The molecule has 0 amide bonds. The minimum Gasteiger partial charge on any atom is -0.251 e. The van der Waals surface area contributed by atoms with E-state index in [1.807, 2.05) is 52.0 Å². The van der Waals surface area contributed by atoms with Crippen molar-refractivity contribution in [2.75, 3.05) is 0 Å². The number of rotatable bonds is 8. The summed E-state index contributed by atoms with van der Waals surface area (Å²) in [6.07, 6.45) is 3.04. The molecule has 0 aliphatic heterocycles. The van der Waals surface area contributed by atoms with Gasteiger partial charge in [-0.15, -0.1) is 0 Å². The summed E-state index contributed by atoms with van der Waals surface area (Å²) in [5, 5.41) is 17.9. The molecule has 2 N–H and O–H groups in total. The molecular weight excluding hydrogens is 316 g/mol. The van der Waals surface area contributed by atoms with Crippen LogP contribution in [0, 0.1) is 0 Å². The van der Waals surface area contributed by atoms with Crippen LogP contribution in [-0.4, -0.2) is 10.5 Å². The number of hydrogen-bond acceptors (Lipinski definition) is 4. The normalized spacial score (nSPS) is 12.4. The van der Waals surface area contributed by atoms with E-state index in [2.05, 4.69) is 34.0 Å². The highest BCUT2D eigenvalue weighted by Crippen LogP contribution is 2.25. The standard InChI is InChI=1S/C21H28O4/c1-20(2,24-22)18-12-8-16(9-13-18)6-5-7-17-10-14-19(15-11-17)21(3,4)25-23/h8-15,22-23H,5-7H2,1-4H3. The van der Waals surface area contributed by atoms with Gasteiger partial charge in [-0.3, -0.25) is 10.5 Å². The summed E-state index contributed by atoms with van der Waals surface area (Å²) in [5.41, 5.74) is 3.05. The largest absolute Gasteiger partial charge is 0.251 e. The van der Waals surface area contributed by atoms with Gasteiger partial charge in [-0.25, -0.2) is 9.78 Å². The lowest BCUT2D eigenvalue weighted by atomic mass is 9.94. The van der Waals surface area contributed by atoms with E-state index in [-0.39, 0.29) is 0 Å². The van der Waals surface area contributed by atoms with E-state index in [1.54, 1.807) is 0 Å². The van der Waals surface area contributed by atoms with Gasteiger partial charge in [0.05, 0.1) is 0 Å². The van der Waals surface area contributed by atoms with Crippen LogP contribution in [0.1, 0.15) is 56.4 Å². The molecule has 0 saturated carbocycles. The summed E-state index contributed by atoms with van der Waals surface area (Å²) >= 11 is 0. The molecule has 4 heteroatoms. The van der Waals surface area contributed by atoms with E-state index in [1.165, 1.54) is 11.1 Å². The minimum atomic E-state index is -0.688. The molecule has 0 bridgehead atoms. The van der Waals surface area contributed by atoms with Crippen LogP contribution in [0.3, 0.4) is 0 Å². The summed E-state index contributed by atoms with van der Waals surface area (Å²) in [4.78, 5) is 9.04. The fraction of sp³-hybridized carbons (Fsp3) is 0.429. The van der Waals surface area contributed by atoms with Gasteiger partial charge in [-0.2, -0.15) is 0 Å². The maximum atomic E-state index is 8.95. The molecule has 0 aromatic heterocycles. The van der Waals surface area contributed by atoms with Crippen LogP contribution in [0.15, 0.2) is 48.5 Å².